The van der Waals surface area contributed by atoms with Crippen LogP contribution in [-0.4, -0.2) is 47.1 Å². The molecule has 2 unspecified atom stereocenters. The summed E-state index contributed by atoms with van der Waals surface area (Å²) in [6.07, 6.45) is 3.33. The molecule has 4 aliphatic heterocycles. The number of carbonyl (C=O) groups is 2. The lowest BCUT2D eigenvalue weighted by Crippen LogP contribution is -2.44. The standard InChI is InChI=1S/C14H17NO2.C4H4O4/c1-10-16-13-11-4-2-3-5-12(11)15-8-6-14(13,17-10)7-9-15;5-3(6)1-2-4(7)8/h2-5,10,13H,6-9H2,1H3;1-2H,(H,5,6)(H,7,8). The van der Waals surface area contributed by atoms with Gasteiger partial charge in [0.2, 0.25) is 0 Å². The number of carboxylic acids is 2. The number of fused-ring (bicyclic) bond motifs is 2. The zero-order valence-corrected chi connectivity index (χ0v) is 13.9. The average molecular weight is 347 g/mol. The Morgan fingerprint density at radius 2 is 1.76 bits per heavy atom. The predicted molar refractivity (Wildman–Crippen MR) is 89.4 cm³/mol. The maximum absolute atomic E-state index is 9.55. The molecule has 2 fully saturated rings. The Bertz CT molecular complexity index is 677. The molecule has 0 aromatic heterocycles. The van der Waals surface area contributed by atoms with Gasteiger partial charge >= 0.3 is 11.9 Å². The van der Waals surface area contributed by atoms with E-state index in [-0.39, 0.29) is 18.0 Å². The van der Waals surface area contributed by atoms with Crippen LogP contribution in [0.15, 0.2) is 36.4 Å². The number of benzene rings is 1. The number of hydrogen-bond acceptors (Lipinski definition) is 5. The molecule has 7 nitrogen and oxygen atoms in total. The van der Waals surface area contributed by atoms with Crippen molar-refractivity contribution < 1.29 is 29.3 Å². The van der Waals surface area contributed by atoms with Crippen molar-refractivity contribution in [3.05, 3.63) is 42.0 Å². The monoisotopic (exact) mass is 347 g/mol. The first-order valence-electron chi connectivity index (χ1n) is 8.22. The largest absolute Gasteiger partial charge is 0.478 e. The third-order valence-corrected chi connectivity index (χ3v) is 4.74. The van der Waals surface area contributed by atoms with E-state index < -0.39 is 11.9 Å². The molecule has 134 valence electrons. The van der Waals surface area contributed by atoms with Crippen molar-refractivity contribution in [3.8, 4) is 0 Å². The van der Waals surface area contributed by atoms with Gasteiger partial charge in [0.1, 0.15) is 11.7 Å². The van der Waals surface area contributed by atoms with Crippen LogP contribution < -0.4 is 4.90 Å². The molecule has 4 heterocycles. The second-order valence-electron chi connectivity index (χ2n) is 6.32. The van der Waals surface area contributed by atoms with Gasteiger partial charge < -0.3 is 24.6 Å². The highest BCUT2D eigenvalue weighted by atomic mass is 16.7. The summed E-state index contributed by atoms with van der Waals surface area (Å²) >= 11 is 0. The molecule has 0 aliphatic carbocycles. The van der Waals surface area contributed by atoms with Crippen molar-refractivity contribution >= 4 is 17.6 Å². The van der Waals surface area contributed by atoms with E-state index in [1.807, 2.05) is 6.92 Å². The van der Waals surface area contributed by atoms with Crippen LogP contribution in [0, 0.1) is 0 Å². The first kappa shape index (κ1) is 17.4. The Balaban J connectivity index is 0.000000197. The van der Waals surface area contributed by atoms with Crippen molar-refractivity contribution in [2.45, 2.75) is 37.8 Å². The quantitative estimate of drug-likeness (QED) is 0.792. The Morgan fingerprint density at radius 3 is 2.36 bits per heavy atom. The van der Waals surface area contributed by atoms with Gasteiger partial charge in [-0.1, -0.05) is 18.2 Å². The van der Waals surface area contributed by atoms with E-state index >= 15 is 0 Å². The highest BCUT2D eigenvalue weighted by Crippen LogP contribution is 2.52. The van der Waals surface area contributed by atoms with E-state index in [1.165, 1.54) is 11.3 Å². The maximum Gasteiger partial charge on any atom is 0.328 e. The van der Waals surface area contributed by atoms with Gasteiger partial charge in [-0.3, -0.25) is 0 Å². The van der Waals surface area contributed by atoms with Crippen LogP contribution in [0.3, 0.4) is 0 Å². The molecular formula is C18H21NO6. The summed E-state index contributed by atoms with van der Waals surface area (Å²) in [4.78, 5) is 21.6. The van der Waals surface area contributed by atoms with Crippen LogP contribution in [-0.2, 0) is 19.1 Å². The molecule has 2 atom stereocenters. The minimum atomic E-state index is -1.26. The van der Waals surface area contributed by atoms with Crippen molar-refractivity contribution in [2.75, 3.05) is 18.0 Å². The second kappa shape index (κ2) is 6.85. The molecular weight excluding hydrogens is 326 g/mol. The number of ether oxygens (including phenoxy) is 2. The van der Waals surface area contributed by atoms with Gasteiger partial charge in [0.25, 0.3) is 0 Å². The third kappa shape index (κ3) is 3.52. The summed E-state index contributed by atoms with van der Waals surface area (Å²) in [6, 6.07) is 8.62. The highest BCUT2D eigenvalue weighted by Gasteiger charge is 2.53. The highest BCUT2D eigenvalue weighted by molar-refractivity contribution is 5.89. The number of carboxylic acid groups (broad SMARTS) is 2. The van der Waals surface area contributed by atoms with Gasteiger partial charge in [-0.15, -0.1) is 0 Å². The summed E-state index contributed by atoms with van der Waals surface area (Å²) in [6.45, 7) is 4.19. The first-order chi connectivity index (χ1) is 11.9. The van der Waals surface area contributed by atoms with Gasteiger partial charge in [0.05, 0.1) is 0 Å². The molecule has 2 saturated heterocycles. The number of rotatable bonds is 2. The van der Waals surface area contributed by atoms with Crippen molar-refractivity contribution in [1.82, 2.24) is 0 Å². The minimum Gasteiger partial charge on any atom is -0.478 e. The Morgan fingerprint density at radius 1 is 1.16 bits per heavy atom. The number of para-hydroxylation sites is 1. The van der Waals surface area contributed by atoms with Gasteiger partial charge in [-0.25, -0.2) is 9.59 Å². The summed E-state index contributed by atoms with van der Waals surface area (Å²) in [7, 11) is 0. The third-order valence-electron chi connectivity index (χ3n) is 4.74. The van der Waals surface area contributed by atoms with E-state index in [0.29, 0.717) is 12.2 Å². The number of anilines is 1. The van der Waals surface area contributed by atoms with E-state index in [0.717, 1.165) is 25.9 Å². The fourth-order valence-corrected chi connectivity index (χ4v) is 3.74. The zero-order valence-electron chi connectivity index (χ0n) is 13.9. The van der Waals surface area contributed by atoms with E-state index in [1.54, 1.807) is 0 Å². The molecule has 1 aromatic carbocycles. The average Bonchev–Trinajstić information content (AvgIpc) is 2.78. The molecule has 4 aliphatic rings. The lowest BCUT2D eigenvalue weighted by molar-refractivity contribution is -0.134. The van der Waals surface area contributed by atoms with Crippen LogP contribution >= 0.6 is 0 Å². The van der Waals surface area contributed by atoms with E-state index in [9.17, 15) is 9.59 Å². The first-order valence-corrected chi connectivity index (χ1v) is 8.22. The number of piperidine rings is 1. The molecule has 2 N–H and O–H groups in total. The molecule has 1 spiro atoms. The van der Waals surface area contributed by atoms with E-state index in [2.05, 4.69) is 29.2 Å². The van der Waals surface area contributed by atoms with Crippen molar-refractivity contribution in [2.24, 2.45) is 0 Å². The van der Waals surface area contributed by atoms with Crippen LogP contribution in [0.5, 0.6) is 0 Å². The lowest BCUT2D eigenvalue weighted by atomic mass is 9.85. The Labute approximate surface area is 145 Å². The SMILES string of the molecule is CC1OC2c3ccccc3N3CCC2(CC3)O1.O=C(O)C=CC(=O)O. The molecule has 7 heteroatoms. The lowest BCUT2D eigenvalue weighted by Gasteiger charge is -2.37. The smallest absolute Gasteiger partial charge is 0.328 e. The Hall–Kier alpha value is -2.38. The fraction of sp³-hybridized carbons (Fsp3) is 0.444. The van der Waals surface area contributed by atoms with E-state index in [4.69, 9.17) is 19.7 Å². The maximum atomic E-state index is 9.55. The normalized spacial score (nSPS) is 29.4. The summed E-state index contributed by atoms with van der Waals surface area (Å²) in [5, 5.41) is 15.6. The number of aliphatic carboxylic acids is 2. The molecule has 1 aromatic rings. The zero-order chi connectivity index (χ0) is 18.0. The fourth-order valence-electron chi connectivity index (χ4n) is 3.74. The van der Waals surface area contributed by atoms with Gasteiger partial charge in [-0.05, 0) is 25.8 Å². The van der Waals surface area contributed by atoms with Gasteiger partial charge in [0.15, 0.2) is 6.29 Å². The second-order valence-corrected chi connectivity index (χ2v) is 6.32. The summed E-state index contributed by atoms with van der Waals surface area (Å²) < 4.78 is 12.2. The summed E-state index contributed by atoms with van der Waals surface area (Å²) in [5.74, 6) is -2.51. The molecule has 0 saturated carbocycles. The number of nitrogens with zero attached hydrogens (tertiary/aromatic N) is 1. The summed E-state index contributed by atoms with van der Waals surface area (Å²) in [5.41, 5.74) is 2.59. The van der Waals surface area contributed by atoms with Crippen LogP contribution in [0.2, 0.25) is 0 Å². The van der Waals surface area contributed by atoms with Gasteiger partial charge in [-0.2, -0.15) is 0 Å². The minimum absolute atomic E-state index is 0.0669. The van der Waals surface area contributed by atoms with Gasteiger partial charge in [0, 0.05) is 36.5 Å². The van der Waals surface area contributed by atoms with Crippen LogP contribution in [0.25, 0.3) is 0 Å². The number of hydrogen-bond donors (Lipinski definition) is 2. The van der Waals surface area contributed by atoms with Crippen LogP contribution in [0.1, 0.15) is 31.4 Å². The predicted octanol–water partition coefficient (Wildman–Crippen LogP) is 2.18. The Kier molecular flexibility index (Phi) is 4.78. The molecule has 0 radical (unpaired) electrons. The molecule has 2 bridgehead atoms. The molecule has 0 amide bonds. The topological polar surface area (TPSA) is 96.3 Å². The molecule has 5 rings (SSSR count). The van der Waals surface area contributed by atoms with Crippen LogP contribution in [0.4, 0.5) is 5.69 Å². The van der Waals surface area contributed by atoms with Crippen molar-refractivity contribution in [3.63, 3.8) is 0 Å². The molecule has 25 heavy (non-hydrogen) atoms. The van der Waals surface area contributed by atoms with Crippen molar-refractivity contribution in [1.29, 1.82) is 0 Å².